The number of thioether (sulfide) groups is 1. The van der Waals surface area contributed by atoms with E-state index < -0.39 is 0 Å². The molecule has 2 rings (SSSR count). The Balaban J connectivity index is 2.19. The first-order chi connectivity index (χ1) is 10.1. The van der Waals surface area contributed by atoms with Gasteiger partial charge in [0.25, 0.3) is 0 Å². The summed E-state index contributed by atoms with van der Waals surface area (Å²) in [7, 11) is 1.87. The van der Waals surface area contributed by atoms with E-state index in [9.17, 15) is 4.39 Å². The molecular formula is C12H11ClFIN4OS. The van der Waals surface area contributed by atoms with Crippen molar-refractivity contribution in [3.63, 3.8) is 0 Å². The van der Waals surface area contributed by atoms with Gasteiger partial charge >= 0.3 is 0 Å². The zero-order valence-corrected chi connectivity index (χ0v) is 14.7. The molecule has 1 N–H and O–H groups in total. The molecule has 0 spiro atoms. The van der Waals surface area contributed by atoms with E-state index in [1.54, 1.807) is 12.1 Å². The maximum atomic E-state index is 13.2. The minimum absolute atomic E-state index is 0.158. The molecule has 5 nitrogen and oxygen atoms in total. The van der Waals surface area contributed by atoms with Crippen LogP contribution in [0.3, 0.4) is 0 Å². The van der Waals surface area contributed by atoms with E-state index in [0.29, 0.717) is 20.0 Å². The number of nitrogens with zero attached hydrogens (tertiary/aromatic N) is 3. The number of nitrogens with one attached hydrogen (secondary N) is 1. The van der Waals surface area contributed by atoms with Crippen LogP contribution in [0.5, 0.6) is 0 Å². The van der Waals surface area contributed by atoms with E-state index in [1.807, 2.05) is 29.6 Å². The molecule has 0 aliphatic carbocycles. The molecule has 0 amide bonds. The average Bonchev–Trinajstić information content (AvgIpc) is 2.92. The normalized spacial score (nSPS) is 11.9. The van der Waals surface area contributed by atoms with Crippen LogP contribution < -0.4 is 5.32 Å². The van der Waals surface area contributed by atoms with Crippen molar-refractivity contribution in [1.82, 2.24) is 15.6 Å². The molecule has 2 aromatic rings. The highest BCUT2D eigenvalue weighted by atomic mass is 127. The van der Waals surface area contributed by atoms with E-state index in [-0.39, 0.29) is 11.0 Å². The zero-order chi connectivity index (χ0) is 15.2. The molecule has 1 aromatic heterocycles. The number of hydrogen-bond acceptors (Lipinski definition) is 6. The molecule has 9 heteroatoms. The summed E-state index contributed by atoms with van der Waals surface area (Å²) < 4.78 is 18.4. The smallest absolute Gasteiger partial charge is 0.178 e. The second-order valence-corrected chi connectivity index (χ2v) is 6.47. The van der Waals surface area contributed by atoms with Gasteiger partial charge in [0.2, 0.25) is 0 Å². The Morgan fingerprint density at radius 3 is 3.05 bits per heavy atom. The molecule has 1 aromatic carbocycles. The van der Waals surface area contributed by atoms with Crippen LogP contribution in [0.25, 0.3) is 0 Å². The average molecular weight is 441 g/mol. The fraction of sp³-hybridized carbons (Fsp3) is 0.250. The molecule has 112 valence electrons. The highest BCUT2D eigenvalue weighted by molar-refractivity contribution is 14.1. The highest BCUT2D eigenvalue weighted by Gasteiger charge is 2.15. The van der Waals surface area contributed by atoms with Crippen LogP contribution >= 0.6 is 46.0 Å². The first-order valence-electron chi connectivity index (χ1n) is 5.91. The van der Waals surface area contributed by atoms with Crippen LogP contribution in [0.4, 0.5) is 10.1 Å². The second kappa shape index (κ2) is 8.06. The molecule has 1 heterocycles. The van der Waals surface area contributed by atoms with Gasteiger partial charge in [-0.3, -0.25) is 0 Å². The summed E-state index contributed by atoms with van der Waals surface area (Å²) in [5.41, 5.74) is 0.928. The minimum atomic E-state index is -0.294. The third-order valence-corrected chi connectivity index (χ3v) is 4.41. The minimum Gasteiger partial charge on any atom is -0.319 e. The van der Waals surface area contributed by atoms with Gasteiger partial charge in [0.15, 0.2) is 15.9 Å². The van der Waals surface area contributed by atoms with Gasteiger partial charge in [-0.2, -0.15) is 0 Å². The summed E-state index contributed by atoms with van der Waals surface area (Å²) in [6.45, 7) is 0.821. The topological polar surface area (TPSA) is 63.3 Å². The van der Waals surface area contributed by atoms with Gasteiger partial charge < -0.3 is 5.32 Å². The Morgan fingerprint density at radius 2 is 2.33 bits per heavy atom. The Morgan fingerprint density at radius 1 is 1.52 bits per heavy atom. The van der Waals surface area contributed by atoms with Gasteiger partial charge in [-0.25, -0.2) is 14.0 Å². The maximum absolute atomic E-state index is 13.2. The van der Waals surface area contributed by atoms with Crippen molar-refractivity contribution in [2.45, 2.75) is 5.03 Å². The predicted molar refractivity (Wildman–Crippen MR) is 90.1 cm³/mol. The lowest BCUT2D eigenvalue weighted by Crippen LogP contribution is -2.10. The molecule has 21 heavy (non-hydrogen) atoms. The van der Waals surface area contributed by atoms with E-state index in [2.05, 4.69) is 20.6 Å². The van der Waals surface area contributed by atoms with E-state index in [4.69, 9.17) is 16.2 Å². The van der Waals surface area contributed by atoms with Crippen molar-refractivity contribution in [3.05, 3.63) is 33.3 Å². The fourth-order valence-electron chi connectivity index (χ4n) is 1.37. The molecule has 0 fully saturated rings. The van der Waals surface area contributed by atoms with Gasteiger partial charge in [0.05, 0.1) is 9.26 Å². The highest BCUT2D eigenvalue weighted by Crippen LogP contribution is 2.24. The fourth-order valence-corrected chi connectivity index (χ4v) is 3.00. The predicted octanol–water partition coefficient (Wildman–Crippen LogP) is 3.44. The number of aromatic nitrogens is 2. The van der Waals surface area contributed by atoms with Crippen LogP contribution in [-0.4, -0.2) is 34.8 Å². The lowest BCUT2D eigenvalue weighted by molar-refractivity contribution is 0.298. The van der Waals surface area contributed by atoms with E-state index in [1.165, 1.54) is 17.8 Å². The lowest BCUT2D eigenvalue weighted by Gasteiger charge is -2.00. The summed E-state index contributed by atoms with van der Waals surface area (Å²) >= 11 is 9.52. The standard InChI is InChI=1S/C12H11ClFIN4OS/c1-16-4-5-21-12-10(18-20-19-12)11(13)17-7-2-3-8(14)9(15)6-7/h2-3,6,16H,4-5H2,1H3/b17-11-. The van der Waals surface area contributed by atoms with Crippen LogP contribution in [0.1, 0.15) is 5.69 Å². The number of halogens is 3. The largest absolute Gasteiger partial charge is 0.319 e. The quantitative estimate of drug-likeness (QED) is 0.323. The van der Waals surface area contributed by atoms with Gasteiger partial charge in [0, 0.05) is 12.3 Å². The first kappa shape index (κ1) is 16.7. The van der Waals surface area contributed by atoms with Crippen molar-refractivity contribution in [2.24, 2.45) is 4.99 Å². The first-order valence-corrected chi connectivity index (χ1v) is 8.35. The Bertz CT molecular complexity index is 652. The van der Waals surface area contributed by atoms with Gasteiger partial charge in [0.1, 0.15) is 5.82 Å². The van der Waals surface area contributed by atoms with Crippen molar-refractivity contribution < 1.29 is 9.02 Å². The molecule has 0 atom stereocenters. The molecule has 0 bridgehead atoms. The number of aliphatic imine (C=N–C) groups is 1. The zero-order valence-electron chi connectivity index (χ0n) is 10.9. The Labute approximate surface area is 143 Å². The molecule has 0 saturated heterocycles. The molecule has 0 unspecified atom stereocenters. The summed E-state index contributed by atoms with van der Waals surface area (Å²) in [6, 6.07) is 4.48. The van der Waals surface area contributed by atoms with Crippen LogP contribution in [-0.2, 0) is 0 Å². The summed E-state index contributed by atoms with van der Waals surface area (Å²) in [4.78, 5) is 4.21. The number of rotatable bonds is 6. The lowest BCUT2D eigenvalue weighted by atomic mass is 10.3. The van der Waals surface area contributed by atoms with Gasteiger partial charge in [-0.05, 0) is 58.2 Å². The molecule has 0 aliphatic heterocycles. The number of hydrogen-bond donors (Lipinski definition) is 1. The van der Waals surface area contributed by atoms with Crippen LogP contribution in [0, 0.1) is 9.39 Å². The molecule has 0 saturated carbocycles. The van der Waals surface area contributed by atoms with Crippen LogP contribution in [0.15, 0.2) is 32.8 Å². The van der Waals surface area contributed by atoms with E-state index in [0.717, 1.165) is 12.3 Å². The van der Waals surface area contributed by atoms with Crippen molar-refractivity contribution in [1.29, 1.82) is 0 Å². The summed E-state index contributed by atoms with van der Waals surface area (Å²) in [6.07, 6.45) is 0. The molecule has 0 radical (unpaired) electrons. The summed E-state index contributed by atoms with van der Waals surface area (Å²) in [5, 5.41) is 11.3. The second-order valence-electron chi connectivity index (χ2n) is 3.87. The Kier molecular flexibility index (Phi) is 6.40. The Hall–Kier alpha value is -0.710. The van der Waals surface area contributed by atoms with Crippen molar-refractivity contribution in [3.8, 4) is 0 Å². The third-order valence-electron chi connectivity index (χ3n) is 2.38. The van der Waals surface area contributed by atoms with Crippen molar-refractivity contribution >= 4 is 56.8 Å². The van der Waals surface area contributed by atoms with Gasteiger partial charge in [-0.1, -0.05) is 23.4 Å². The van der Waals surface area contributed by atoms with E-state index >= 15 is 0 Å². The SMILES string of the molecule is CNCCSc1nonc1/C(Cl)=N/c1ccc(F)c(I)c1. The monoisotopic (exact) mass is 440 g/mol. The van der Waals surface area contributed by atoms with Crippen LogP contribution in [0.2, 0.25) is 0 Å². The van der Waals surface area contributed by atoms with Crippen molar-refractivity contribution in [2.75, 3.05) is 19.3 Å². The molecule has 0 aliphatic rings. The third kappa shape index (κ3) is 4.63. The molecular weight excluding hydrogens is 430 g/mol. The summed E-state index contributed by atoms with van der Waals surface area (Å²) in [5.74, 6) is 0.508. The number of benzene rings is 1. The maximum Gasteiger partial charge on any atom is 0.178 e. The van der Waals surface area contributed by atoms with Gasteiger partial charge in [-0.15, -0.1) is 0 Å².